The zero-order valence-corrected chi connectivity index (χ0v) is 36.7. The Labute approximate surface area is 388 Å². The van der Waals surface area contributed by atoms with Gasteiger partial charge in [-0.3, -0.25) is 0 Å². The number of hydrogen-bond acceptors (Lipinski definition) is 18. The van der Waals surface area contributed by atoms with Crippen molar-refractivity contribution in [2.45, 2.75) is 12.8 Å². The summed E-state index contributed by atoms with van der Waals surface area (Å²) < 4.78 is 90.9. The molecule has 0 spiro atoms. The van der Waals surface area contributed by atoms with Gasteiger partial charge in [0.15, 0.2) is 23.1 Å². The number of fused-ring (bicyclic) bond motifs is 3. The smallest absolute Gasteiger partial charge is 0.460 e. The third-order valence-corrected chi connectivity index (χ3v) is 9.33. The molecule has 0 saturated heterocycles. The van der Waals surface area contributed by atoms with E-state index in [0.717, 1.165) is 58.7 Å². The minimum Gasteiger partial charge on any atom is -0.460 e. The maximum Gasteiger partial charge on any atom is 0.514 e. The summed E-state index contributed by atoms with van der Waals surface area (Å²) in [4.78, 5) is 72.1. The molecule has 0 saturated carbocycles. The SMILES string of the molecule is C=CC(=O)OCCOCCOCCOC(=O)Oc1ccc(C(=O)Oc2ccc3c(c2)C(C)c2cc(OC(=O)c4ccc(OC(=O)OCCOCCOCCOC(=O)C=C)c(F)c4)ccc2-3)cc1F. The van der Waals surface area contributed by atoms with Crippen molar-refractivity contribution in [3.05, 3.63) is 132 Å². The van der Waals surface area contributed by atoms with Gasteiger partial charge in [-0.2, -0.15) is 0 Å². The highest BCUT2D eigenvalue weighted by Crippen LogP contribution is 2.47. The third kappa shape index (κ3) is 15.8. The molecule has 0 radical (unpaired) electrons. The molecule has 0 N–H and O–H groups in total. The molecule has 360 valence electrons. The number of carbonyl (C=O) groups excluding carboxylic acids is 6. The molecule has 0 atom stereocenters. The maximum absolute atomic E-state index is 14.9. The predicted molar refractivity (Wildman–Crippen MR) is 232 cm³/mol. The third-order valence-electron chi connectivity index (χ3n) is 9.33. The number of halogens is 2. The lowest BCUT2D eigenvalue weighted by atomic mass is 9.99. The second-order valence-electron chi connectivity index (χ2n) is 13.9. The quantitative estimate of drug-likeness (QED) is 0.0153. The second-order valence-corrected chi connectivity index (χ2v) is 13.9. The van der Waals surface area contributed by atoms with Gasteiger partial charge in [0.1, 0.15) is 37.9 Å². The Morgan fingerprint density at radius 2 is 0.824 bits per heavy atom. The molecule has 18 nitrogen and oxygen atoms in total. The number of rotatable bonds is 26. The molecule has 0 fully saturated rings. The van der Waals surface area contributed by atoms with Crippen LogP contribution in [0, 0.1) is 11.6 Å². The largest absolute Gasteiger partial charge is 0.514 e. The van der Waals surface area contributed by atoms with Crippen LogP contribution in [0.15, 0.2) is 98.1 Å². The molecule has 0 bridgehead atoms. The summed E-state index contributed by atoms with van der Waals surface area (Å²) in [5, 5.41) is 0. The van der Waals surface area contributed by atoms with Gasteiger partial charge in [-0.1, -0.05) is 32.2 Å². The fraction of sp³-hybridized carbons (Fsp3) is 0.292. The average molecular weight is 949 g/mol. The van der Waals surface area contributed by atoms with Gasteiger partial charge in [-0.05, 0) is 82.9 Å². The summed E-state index contributed by atoms with van der Waals surface area (Å²) >= 11 is 0. The molecule has 20 heteroatoms. The maximum atomic E-state index is 14.9. The molecular formula is C48H46F2O18. The predicted octanol–water partition coefficient (Wildman–Crippen LogP) is 7.09. The number of ether oxygens (including phenoxy) is 12. The van der Waals surface area contributed by atoms with Crippen LogP contribution in [-0.2, 0) is 47.5 Å². The van der Waals surface area contributed by atoms with E-state index in [4.69, 9.17) is 56.8 Å². The summed E-state index contributed by atoms with van der Waals surface area (Å²) in [6.07, 6.45) is -0.310. The van der Waals surface area contributed by atoms with E-state index >= 15 is 0 Å². The Hall–Kier alpha value is -7.52. The van der Waals surface area contributed by atoms with E-state index in [9.17, 15) is 37.5 Å². The Morgan fingerprint density at radius 1 is 0.471 bits per heavy atom. The van der Waals surface area contributed by atoms with Crippen molar-refractivity contribution in [1.82, 2.24) is 0 Å². The van der Waals surface area contributed by atoms with E-state index in [-0.39, 0.29) is 108 Å². The van der Waals surface area contributed by atoms with Crippen molar-refractivity contribution in [3.8, 4) is 34.1 Å². The first kappa shape index (κ1) is 51.5. The van der Waals surface area contributed by atoms with Gasteiger partial charge >= 0.3 is 36.2 Å². The molecule has 4 aromatic carbocycles. The van der Waals surface area contributed by atoms with E-state index < -0.39 is 59.3 Å². The van der Waals surface area contributed by atoms with E-state index in [1.54, 1.807) is 36.4 Å². The van der Waals surface area contributed by atoms with Gasteiger partial charge in [-0.15, -0.1) is 0 Å². The molecule has 0 aliphatic heterocycles. The minimum atomic E-state index is -1.19. The topological polar surface area (TPSA) is 213 Å². The Bertz CT molecular complexity index is 2290. The zero-order valence-electron chi connectivity index (χ0n) is 36.7. The Kier molecular flexibility index (Phi) is 20.1. The van der Waals surface area contributed by atoms with E-state index in [2.05, 4.69) is 13.2 Å². The number of benzene rings is 4. The lowest BCUT2D eigenvalue weighted by Crippen LogP contribution is -2.17. The fourth-order valence-electron chi connectivity index (χ4n) is 6.11. The first-order chi connectivity index (χ1) is 32.9. The number of carbonyl (C=O) groups is 6. The van der Waals surface area contributed by atoms with Gasteiger partial charge in [0.05, 0.1) is 64.0 Å². The fourth-order valence-corrected chi connectivity index (χ4v) is 6.11. The summed E-state index contributed by atoms with van der Waals surface area (Å²) in [6, 6.07) is 16.3. The second kappa shape index (κ2) is 26.6. The van der Waals surface area contributed by atoms with Crippen LogP contribution >= 0.6 is 0 Å². The van der Waals surface area contributed by atoms with Gasteiger partial charge in [0.2, 0.25) is 0 Å². The van der Waals surface area contributed by atoms with E-state index in [0.29, 0.717) is 0 Å². The Balaban J connectivity index is 1.03. The standard InChI is InChI=1S/C48H46F2O18/c1-4-43(51)61-22-18-57-14-16-59-20-24-63-47(55)67-41-12-6-31(26-39(41)49)45(53)65-33-8-10-35-36-11-9-34(29-38(36)30(3)37(35)28-33)66-46(54)32-7-13-42(40(50)27-32)68-48(56)64-25-21-60-17-15-58-19-23-62-44(52)5-2/h4-13,26-30H,1-2,14-25H2,3H3. The van der Waals surface area contributed by atoms with Crippen molar-refractivity contribution >= 4 is 36.2 Å². The lowest BCUT2D eigenvalue weighted by Gasteiger charge is -2.11. The highest BCUT2D eigenvalue weighted by molar-refractivity contribution is 5.93. The minimum absolute atomic E-state index is 0.00297. The highest BCUT2D eigenvalue weighted by Gasteiger charge is 2.28. The molecule has 1 aliphatic carbocycles. The first-order valence-electron chi connectivity index (χ1n) is 20.8. The van der Waals surface area contributed by atoms with Crippen molar-refractivity contribution in [2.24, 2.45) is 0 Å². The number of hydrogen-bond donors (Lipinski definition) is 0. The molecule has 5 rings (SSSR count). The van der Waals surface area contributed by atoms with Crippen molar-refractivity contribution in [1.29, 1.82) is 0 Å². The summed E-state index contributed by atoms with van der Waals surface area (Å²) in [5.41, 5.74) is 2.93. The molecule has 68 heavy (non-hydrogen) atoms. The van der Waals surface area contributed by atoms with Crippen molar-refractivity contribution < 1.29 is 94.4 Å². The molecule has 0 unspecified atom stereocenters. The van der Waals surface area contributed by atoms with Gasteiger partial charge in [0.25, 0.3) is 0 Å². The van der Waals surface area contributed by atoms with Crippen LogP contribution in [0.3, 0.4) is 0 Å². The highest BCUT2D eigenvalue weighted by atomic mass is 19.1. The van der Waals surface area contributed by atoms with Crippen LogP contribution in [0.5, 0.6) is 23.0 Å². The van der Waals surface area contributed by atoms with Crippen LogP contribution in [0.2, 0.25) is 0 Å². The zero-order chi connectivity index (χ0) is 48.8. The van der Waals surface area contributed by atoms with Gasteiger partial charge < -0.3 is 56.8 Å². The van der Waals surface area contributed by atoms with Crippen LogP contribution in [0.25, 0.3) is 11.1 Å². The summed E-state index contributed by atoms with van der Waals surface area (Å²) in [5.74, 6) is -5.78. The monoisotopic (exact) mass is 948 g/mol. The van der Waals surface area contributed by atoms with Crippen molar-refractivity contribution in [3.63, 3.8) is 0 Å². The van der Waals surface area contributed by atoms with Crippen molar-refractivity contribution in [2.75, 3.05) is 79.3 Å². The van der Waals surface area contributed by atoms with Crippen LogP contribution < -0.4 is 18.9 Å². The lowest BCUT2D eigenvalue weighted by molar-refractivity contribution is -0.140. The molecule has 0 amide bonds. The normalized spacial score (nSPS) is 11.3. The first-order valence-corrected chi connectivity index (χ1v) is 20.8. The van der Waals surface area contributed by atoms with E-state index in [1.165, 1.54) is 12.1 Å². The molecular weight excluding hydrogens is 903 g/mol. The molecule has 1 aliphatic rings. The van der Waals surface area contributed by atoms with Crippen LogP contribution in [0.4, 0.5) is 18.4 Å². The average Bonchev–Trinajstić information content (AvgIpc) is 3.60. The van der Waals surface area contributed by atoms with Gasteiger partial charge in [-0.25, -0.2) is 37.5 Å². The van der Waals surface area contributed by atoms with Crippen LogP contribution in [-0.4, -0.2) is 115 Å². The van der Waals surface area contributed by atoms with Gasteiger partial charge in [0, 0.05) is 18.1 Å². The van der Waals surface area contributed by atoms with Crippen LogP contribution in [0.1, 0.15) is 44.7 Å². The molecule has 0 aromatic heterocycles. The number of esters is 4. The summed E-state index contributed by atoms with van der Waals surface area (Å²) in [7, 11) is 0. The summed E-state index contributed by atoms with van der Waals surface area (Å²) in [6.45, 7) is 9.27. The van der Waals surface area contributed by atoms with E-state index in [1.807, 2.05) is 6.92 Å². The molecule has 0 heterocycles. The Morgan fingerprint density at radius 3 is 1.18 bits per heavy atom. The molecule has 4 aromatic rings.